The van der Waals surface area contributed by atoms with Gasteiger partial charge in [-0.3, -0.25) is 0 Å². The molecule has 0 aliphatic rings. The summed E-state index contributed by atoms with van der Waals surface area (Å²) in [6.07, 6.45) is 1.79. The molecular weight excluding hydrogens is 290 g/mol. The van der Waals surface area contributed by atoms with Gasteiger partial charge in [0.2, 0.25) is 0 Å². The molecule has 22 heavy (non-hydrogen) atoms. The summed E-state index contributed by atoms with van der Waals surface area (Å²) in [4.78, 5) is 9.07. The predicted octanol–water partition coefficient (Wildman–Crippen LogP) is 5.10. The number of fused-ring (bicyclic) bond motifs is 1. The summed E-state index contributed by atoms with van der Waals surface area (Å²) < 4.78 is 1.25. The van der Waals surface area contributed by atoms with Gasteiger partial charge in [0.15, 0.2) is 5.82 Å². The molecule has 3 nitrogen and oxygen atoms in total. The van der Waals surface area contributed by atoms with E-state index >= 15 is 0 Å². The number of nitrogens with one attached hydrogen (secondary N) is 1. The number of hydrogen-bond donors (Lipinski definition) is 1. The lowest BCUT2D eigenvalue weighted by molar-refractivity contribution is 1.18. The lowest BCUT2D eigenvalue weighted by atomic mass is 10.1. The van der Waals surface area contributed by atoms with E-state index in [2.05, 4.69) is 38.9 Å². The first kappa shape index (κ1) is 13.0. The van der Waals surface area contributed by atoms with E-state index in [9.17, 15) is 0 Å². The van der Waals surface area contributed by atoms with Gasteiger partial charge in [-0.2, -0.15) is 0 Å². The number of nitrogens with zero attached hydrogens (tertiary/aromatic N) is 2. The minimum atomic E-state index is 0.749. The van der Waals surface area contributed by atoms with Crippen LogP contribution in [0.5, 0.6) is 0 Å². The van der Waals surface area contributed by atoms with Crippen LogP contribution >= 0.6 is 11.3 Å². The highest BCUT2D eigenvalue weighted by Crippen LogP contribution is 2.32. The minimum absolute atomic E-state index is 0.749. The highest BCUT2D eigenvalue weighted by Gasteiger charge is 2.09. The van der Waals surface area contributed by atoms with Crippen LogP contribution in [0.4, 0.5) is 11.5 Å². The fourth-order valence-electron chi connectivity index (χ4n) is 2.38. The lowest BCUT2D eigenvalue weighted by Crippen LogP contribution is -1.96. The zero-order chi connectivity index (χ0) is 14.8. The predicted molar refractivity (Wildman–Crippen MR) is 92.6 cm³/mol. The van der Waals surface area contributed by atoms with Crippen molar-refractivity contribution in [2.45, 2.75) is 0 Å². The van der Waals surface area contributed by atoms with Gasteiger partial charge in [-0.05, 0) is 24.3 Å². The molecule has 0 radical (unpaired) electrons. The van der Waals surface area contributed by atoms with Crippen molar-refractivity contribution in [1.82, 2.24) is 9.97 Å². The van der Waals surface area contributed by atoms with E-state index in [-0.39, 0.29) is 0 Å². The van der Waals surface area contributed by atoms with E-state index in [1.165, 1.54) is 10.1 Å². The number of anilines is 2. The second kappa shape index (κ2) is 5.58. The summed E-state index contributed by atoms with van der Waals surface area (Å²) in [7, 11) is 0. The maximum atomic E-state index is 4.65. The topological polar surface area (TPSA) is 37.8 Å². The Morgan fingerprint density at radius 1 is 0.864 bits per heavy atom. The van der Waals surface area contributed by atoms with Gasteiger partial charge >= 0.3 is 0 Å². The van der Waals surface area contributed by atoms with E-state index in [4.69, 9.17) is 0 Å². The second-order valence-corrected chi connectivity index (χ2v) is 5.81. The van der Waals surface area contributed by atoms with Crippen molar-refractivity contribution >= 4 is 32.9 Å². The highest BCUT2D eigenvalue weighted by molar-refractivity contribution is 7.17. The molecule has 0 fully saturated rings. The van der Waals surface area contributed by atoms with E-state index in [0.717, 1.165) is 22.9 Å². The van der Waals surface area contributed by atoms with Crippen LogP contribution in [0.2, 0.25) is 0 Å². The highest BCUT2D eigenvalue weighted by atomic mass is 32.1. The monoisotopic (exact) mass is 303 g/mol. The molecular formula is C18H13N3S. The first-order valence-electron chi connectivity index (χ1n) is 7.02. The van der Waals surface area contributed by atoms with Gasteiger partial charge in [-0.1, -0.05) is 36.4 Å². The van der Waals surface area contributed by atoms with E-state index in [1.807, 2.05) is 42.5 Å². The molecule has 2 heterocycles. The van der Waals surface area contributed by atoms with Crippen molar-refractivity contribution < 1.29 is 0 Å². The van der Waals surface area contributed by atoms with Crippen LogP contribution in [0.25, 0.3) is 21.5 Å². The fraction of sp³-hybridized carbons (Fsp3) is 0. The Balaban J connectivity index is 1.73. The van der Waals surface area contributed by atoms with Crippen molar-refractivity contribution in [2.75, 3.05) is 5.32 Å². The summed E-state index contributed by atoms with van der Waals surface area (Å²) in [6, 6.07) is 20.2. The van der Waals surface area contributed by atoms with Crippen molar-refractivity contribution in [3.63, 3.8) is 0 Å². The molecule has 0 saturated carbocycles. The number of rotatable bonds is 3. The third-order valence-corrected chi connectivity index (χ3v) is 4.39. The molecule has 0 amide bonds. The number of benzene rings is 2. The molecule has 2 aromatic heterocycles. The van der Waals surface area contributed by atoms with Crippen molar-refractivity contribution in [1.29, 1.82) is 0 Å². The molecule has 0 bridgehead atoms. The van der Waals surface area contributed by atoms with Gasteiger partial charge in [0.25, 0.3) is 0 Å². The van der Waals surface area contributed by atoms with Crippen LogP contribution in [0, 0.1) is 0 Å². The Hall–Kier alpha value is -2.72. The third kappa shape index (κ3) is 2.44. The van der Waals surface area contributed by atoms with Crippen LogP contribution in [-0.4, -0.2) is 9.97 Å². The zero-order valence-corrected chi connectivity index (χ0v) is 12.5. The number of para-hydroxylation sites is 1. The van der Waals surface area contributed by atoms with Gasteiger partial charge in [-0.15, -0.1) is 11.3 Å². The number of thiophene rings is 1. The molecule has 2 aromatic carbocycles. The SMILES string of the molecule is c1ccc(Nc2ccnc(-c3csc4ccccc34)n2)cc1. The van der Waals surface area contributed by atoms with Gasteiger partial charge in [0, 0.05) is 32.9 Å². The van der Waals surface area contributed by atoms with Gasteiger partial charge in [0.1, 0.15) is 5.82 Å². The van der Waals surface area contributed by atoms with E-state index < -0.39 is 0 Å². The maximum absolute atomic E-state index is 4.65. The van der Waals surface area contributed by atoms with E-state index in [1.54, 1.807) is 17.5 Å². The summed E-state index contributed by atoms with van der Waals surface area (Å²) in [5.74, 6) is 1.55. The largest absolute Gasteiger partial charge is 0.340 e. The Labute approximate surface area is 132 Å². The maximum Gasteiger partial charge on any atom is 0.162 e. The molecule has 0 aliphatic carbocycles. The Morgan fingerprint density at radius 2 is 1.68 bits per heavy atom. The van der Waals surface area contributed by atoms with E-state index in [0.29, 0.717) is 0 Å². The molecule has 0 unspecified atom stereocenters. The van der Waals surface area contributed by atoms with Crippen LogP contribution in [0.3, 0.4) is 0 Å². The quantitative estimate of drug-likeness (QED) is 0.572. The summed E-state index contributed by atoms with van der Waals surface area (Å²) >= 11 is 1.72. The average Bonchev–Trinajstić information content (AvgIpc) is 3.00. The second-order valence-electron chi connectivity index (χ2n) is 4.90. The Kier molecular flexibility index (Phi) is 3.29. The van der Waals surface area contributed by atoms with Crippen LogP contribution in [0.15, 0.2) is 72.2 Å². The smallest absolute Gasteiger partial charge is 0.162 e. The molecule has 4 aromatic rings. The molecule has 0 saturated heterocycles. The molecule has 106 valence electrons. The summed E-state index contributed by atoms with van der Waals surface area (Å²) in [6.45, 7) is 0. The zero-order valence-electron chi connectivity index (χ0n) is 11.7. The van der Waals surface area contributed by atoms with Gasteiger partial charge < -0.3 is 5.32 Å². The van der Waals surface area contributed by atoms with Crippen molar-refractivity contribution in [3.8, 4) is 11.4 Å². The van der Waals surface area contributed by atoms with Crippen LogP contribution in [-0.2, 0) is 0 Å². The lowest BCUT2D eigenvalue weighted by Gasteiger charge is -2.06. The third-order valence-electron chi connectivity index (χ3n) is 3.42. The molecule has 0 spiro atoms. The van der Waals surface area contributed by atoms with Gasteiger partial charge in [-0.25, -0.2) is 9.97 Å². The summed E-state index contributed by atoms with van der Waals surface area (Å²) in [5, 5.41) is 6.62. The number of hydrogen-bond acceptors (Lipinski definition) is 4. The van der Waals surface area contributed by atoms with Crippen molar-refractivity contribution in [3.05, 3.63) is 72.2 Å². The minimum Gasteiger partial charge on any atom is -0.340 e. The van der Waals surface area contributed by atoms with Crippen molar-refractivity contribution in [2.24, 2.45) is 0 Å². The first-order chi connectivity index (χ1) is 10.9. The molecule has 0 aliphatic heterocycles. The molecule has 1 N–H and O–H groups in total. The Bertz CT molecular complexity index is 916. The molecule has 0 atom stereocenters. The van der Waals surface area contributed by atoms with Crippen LogP contribution < -0.4 is 5.32 Å². The average molecular weight is 303 g/mol. The summed E-state index contributed by atoms with van der Waals surface area (Å²) in [5.41, 5.74) is 2.10. The molecule has 4 rings (SSSR count). The normalized spacial score (nSPS) is 10.7. The first-order valence-corrected chi connectivity index (χ1v) is 7.90. The Morgan fingerprint density at radius 3 is 2.59 bits per heavy atom. The molecule has 4 heteroatoms. The number of aromatic nitrogens is 2. The standard InChI is InChI=1S/C18H13N3S/c1-2-6-13(7-3-1)20-17-10-11-19-18(21-17)15-12-22-16-9-5-4-8-14(15)16/h1-12H,(H,19,20,21). The van der Waals surface area contributed by atoms with Gasteiger partial charge in [0.05, 0.1) is 0 Å². The fourth-order valence-corrected chi connectivity index (χ4v) is 3.32. The van der Waals surface area contributed by atoms with Crippen LogP contribution in [0.1, 0.15) is 0 Å².